The molecule has 0 saturated carbocycles. The molecule has 5 nitrogen and oxygen atoms in total. The van der Waals surface area contributed by atoms with Crippen LogP contribution in [0.15, 0.2) is 18.2 Å². The molecule has 0 radical (unpaired) electrons. The molecule has 3 rings (SSSR count). The van der Waals surface area contributed by atoms with Gasteiger partial charge < -0.3 is 9.84 Å². The van der Waals surface area contributed by atoms with E-state index in [1.54, 1.807) is 18.2 Å². The summed E-state index contributed by atoms with van der Waals surface area (Å²) in [6, 6.07) is 5.21. The lowest BCUT2D eigenvalue weighted by Gasteiger charge is -2.35. The molecule has 19 heavy (non-hydrogen) atoms. The van der Waals surface area contributed by atoms with Crippen molar-refractivity contribution in [3.8, 4) is 5.88 Å². The number of pyridine rings is 1. The van der Waals surface area contributed by atoms with Crippen LogP contribution in [0.4, 0.5) is 0 Å². The van der Waals surface area contributed by atoms with Crippen LogP contribution >= 0.6 is 0 Å². The van der Waals surface area contributed by atoms with Crippen molar-refractivity contribution in [3.05, 3.63) is 23.9 Å². The maximum Gasteiger partial charge on any atom is 0.213 e. The molecule has 0 spiro atoms. The van der Waals surface area contributed by atoms with Crippen molar-refractivity contribution in [2.45, 2.75) is 41.8 Å². The average Bonchev–Trinajstić information content (AvgIpc) is 2.57. The molecule has 104 valence electrons. The highest BCUT2D eigenvalue weighted by Gasteiger charge is 2.53. The summed E-state index contributed by atoms with van der Waals surface area (Å²) < 4.78 is 29.2. The summed E-state index contributed by atoms with van der Waals surface area (Å²) in [7, 11) is -1.52. The zero-order valence-electron chi connectivity index (χ0n) is 10.7. The van der Waals surface area contributed by atoms with Crippen LogP contribution in [0, 0.1) is 0 Å². The highest BCUT2D eigenvalue weighted by molar-refractivity contribution is 7.93. The number of fused-ring (bicyclic) bond motifs is 2. The third-order valence-electron chi connectivity index (χ3n) is 4.28. The molecule has 2 bridgehead atoms. The highest BCUT2D eigenvalue weighted by Crippen LogP contribution is 2.47. The van der Waals surface area contributed by atoms with Crippen LogP contribution in [0.3, 0.4) is 0 Å². The number of aliphatic hydroxyl groups is 1. The van der Waals surface area contributed by atoms with Gasteiger partial charge in [0.15, 0.2) is 9.84 Å². The molecule has 1 aromatic rings. The number of sulfone groups is 1. The van der Waals surface area contributed by atoms with Gasteiger partial charge in [0.05, 0.1) is 23.3 Å². The van der Waals surface area contributed by atoms with Crippen molar-refractivity contribution in [1.82, 2.24) is 4.98 Å². The molecule has 0 amide bonds. The standard InChI is InChI=1S/C13H17NO4S/c1-18-12-4-2-3-11(14-12)13(15)7-9-5-6-10(8-13)19(9,16)17/h2-4,9-10,15H,5-8H2,1H3. The number of hydrogen-bond acceptors (Lipinski definition) is 5. The Kier molecular flexibility index (Phi) is 2.83. The summed E-state index contributed by atoms with van der Waals surface area (Å²) in [4.78, 5) is 4.26. The van der Waals surface area contributed by atoms with E-state index in [-0.39, 0.29) is 12.8 Å². The quantitative estimate of drug-likeness (QED) is 0.877. The molecule has 6 heteroatoms. The molecule has 2 saturated heterocycles. The Morgan fingerprint density at radius 2 is 1.95 bits per heavy atom. The molecule has 2 aliphatic heterocycles. The van der Waals surface area contributed by atoms with E-state index < -0.39 is 25.9 Å². The molecule has 2 atom stereocenters. The minimum Gasteiger partial charge on any atom is -0.481 e. The number of hydrogen-bond donors (Lipinski definition) is 1. The molecular formula is C13H17NO4S. The van der Waals surface area contributed by atoms with Gasteiger partial charge in [0.25, 0.3) is 0 Å². The van der Waals surface area contributed by atoms with Gasteiger partial charge in [-0.25, -0.2) is 13.4 Å². The van der Waals surface area contributed by atoms with Crippen molar-refractivity contribution in [1.29, 1.82) is 0 Å². The summed E-state index contributed by atoms with van der Waals surface area (Å²) >= 11 is 0. The van der Waals surface area contributed by atoms with Gasteiger partial charge in [-0.05, 0) is 31.7 Å². The van der Waals surface area contributed by atoms with E-state index in [0.717, 1.165) is 0 Å². The molecule has 3 heterocycles. The van der Waals surface area contributed by atoms with E-state index in [1.807, 2.05) is 0 Å². The lowest BCUT2D eigenvalue weighted by atomic mass is 9.89. The van der Waals surface area contributed by atoms with E-state index in [4.69, 9.17) is 4.74 Å². The summed E-state index contributed by atoms with van der Waals surface area (Å²) in [5.74, 6) is 0.437. The number of methoxy groups -OCH3 is 1. The second-order valence-corrected chi connectivity index (χ2v) is 7.93. The highest BCUT2D eigenvalue weighted by atomic mass is 32.2. The molecule has 0 aromatic carbocycles. The fourth-order valence-electron chi connectivity index (χ4n) is 3.24. The van der Waals surface area contributed by atoms with Crippen molar-refractivity contribution < 1.29 is 18.3 Å². The third-order valence-corrected chi connectivity index (χ3v) is 6.94. The van der Waals surface area contributed by atoms with Crippen molar-refractivity contribution >= 4 is 9.84 Å². The van der Waals surface area contributed by atoms with E-state index in [9.17, 15) is 13.5 Å². The second kappa shape index (κ2) is 4.18. The van der Waals surface area contributed by atoms with Gasteiger partial charge in [0, 0.05) is 6.07 Å². The SMILES string of the molecule is COc1cccc(C2(O)CC3CCC(C2)S3(=O)=O)n1. The summed E-state index contributed by atoms with van der Waals surface area (Å²) in [6.07, 6.45) is 1.79. The van der Waals surface area contributed by atoms with Gasteiger partial charge >= 0.3 is 0 Å². The molecule has 2 aliphatic rings. The van der Waals surface area contributed by atoms with Crippen LogP contribution in [0.1, 0.15) is 31.4 Å². The van der Waals surface area contributed by atoms with Gasteiger partial charge in [-0.15, -0.1) is 0 Å². The lowest BCUT2D eigenvalue weighted by molar-refractivity contribution is 0.0126. The van der Waals surface area contributed by atoms with Gasteiger partial charge in [-0.3, -0.25) is 0 Å². The van der Waals surface area contributed by atoms with Crippen LogP contribution in [-0.4, -0.2) is 36.1 Å². The first-order chi connectivity index (χ1) is 8.95. The minimum absolute atomic E-state index is 0.242. The van der Waals surface area contributed by atoms with Gasteiger partial charge in [0.1, 0.15) is 5.60 Å². The fourth-order valence-corrected chi connectivity index (χ4v) is 5.73. The van der Waals surface area contributed by atoms with E-state index >= 15 is 0 Å². The van der Waals surface area contributed by atoms with E-state index in [2.05, 4.69) is 4.98 Å². The number of ether oxygens (including phenoxy) is 1. The summed E-state index contributed by atoms with van der Waals surface area (Å²) in [5.41, 5.74) is -0.634. The van der Waals surface area contributed by atoms with Gasteiger partial charge in [-0.2, -0.15) is 0 Å². The lowest BCUT2D eigenvalue weighted by Crippen LogP contribution is -2.43. The Morgan fingerprint density at radius 3 is 2.53 bits per heavy atom. The monoisotopic (exact) mass is 283 g/mol. The van der Waals surface area contributed by atoms with Crippen LogP contribution in [0.5, 0.6) is 5.88 Å². The Balaban J connectivity index is 1.97. The summed E-state index contributed by atoms with van der Waals surface area (Å²) in [6.45, 7) is 0. The van der Waals surface area contributed by atoms with Crippen molar-refractivity contribution in [3.63, 3.8) is 0 Å². The molecule has 1 N–H and O–H groups in total. The Bertz CT molecular complexity index is 578. The summed E-state index contributed by atoms with van der Waals surface area (Å²) in [5, 5.41) is 9.94. The number of aromatic nitrogens is 1. The maximum atomic E-state index is 12.1. The van der Waals surface area contributed by atoms with Crippen molar-refractivity contribution in [2.75, 3.05) is 7.11 Å². The average molecular weight is 283 g/mol. The zero-order valence-corrected chi connectivity index (χ0v) is 11.6. The Labute approximate surface area is 112 Å². The molecule has 1 aromatic heterocycles. The van der Waals surface area contributed by atoms with Gasteiger partial charge in [-0.1, -0.05) is 6.07 Å². The van der Waals surface area contributed by atoms with E-state index in [1.165, 1.54) is 7.11 Å². The van der Waals surface area contributed by atoms with Gasteiger partial charge in [0.2, 0.25) is 5.88 Å². The Morgan fingerprint density at radius 1 is 1.32 bits per heavy atom. The first kappa shape index (κ1) is 12.9. The fraction of sp³-hybridized carbons (Fsp3) is 0.615. The molecule has 2 fully saturated rings. The number of nitrogens with zero attached hydrogens (tertiary/aromatic N) is 1. The maximum absolute atomic E-state index is 12.1. The predicted molar refractivity (Wildman–Crippen MR) is 69.6 cm³/mol. The van der Waals surface area contributed by atoms with Crippen LogP contribution in [-0.2, 0) is 15.4 Å². The molecule has 0 aliphatic carbocycles. The van der Waals surface area contributed by atoms with Crippen LogP contribution in [0.25, 0.3) is 0 Å². The third kappa shape index (κ3) is 1.94. The van der Waals surface area contributed by atoms with Crippen LogP contribution < -0.4 is 4.74 Å². The topological polar surface area (TPSA) is 76.5 Å². The number of rotatable bonds is 2. The second-order valence-electron chi connectivity index (χ2n) is 5.42. The minimum atomic E-state index is -3.04. The first-order valence-corrected chi connectivity index (χ1v) is 8.03. The first-order valence-electron chi connectivity index (χ1n) is 6.42. The Hall–Kier alpha value is -1.14. The molecule has 2 unspecified atom stereocenters. The normalized spacial score (nSPS) is 36.1. The predicted octanol–water partition coefficient (Wildman–Crippen LogP) is 1.02. The molecular weight excluding hydrogens is 266 g/mol. The van der Waals surface area contributed by atoms with Crippen LogP contribution in [0.2, 0.25) is 0 Å². The zero-order chi connectivity index (χ0) is 13.7. The van der Waals surface area contributed by atoms with E-state index in [0.29, 0.717) is 24.4 Å². The smallest absolute Gasteiger partial charge is 0.213 e. The van der Waals surface area contributed by atoms with Crippen molar-refractivity contribution in [2.24, 2.45) is 0 Å². The largest absolute Gasteiger partial charge is 0.481 e.